The summed E-state index contributed by atoms with van der Waals surface area (Å²) in [5.41, 5.74) is -0.786. The maximum atomic E-state index is 12.9. The van der Waals surface area contributed by atoms with Gasteiger partial charge in [-0.2, -0.15) is 13.2 Å². The molecule has 12 heteroatoms. The lowest BCUT2D eigenvalue weighted by molar-refractivity contribution is -0.144. The molecule has 1 N–H and O–H groups in total. The minimum atomic E-state index is -4.63. The zero-order valence-corrected chi connectivity index (χ0v) is 17.1. The maximum Gasteiger partial charge on any atom is 0.418 e. The second-order valence-corrected chi connectivity index (χ2v) is 7.28. The van der Waals surface area contributed by atoms with Crippen molar-refractivity contribution in [3.05, 3.63) is 59.1 Å². The fraction of sp³-hybridized carbons (Fsp3) is 0.158. The van der Waals surface area contributed by atoms with Crippen LogP contribution >= 0.6 is 23.4 Å². The highest BCUT2D eigenvalue weighted by Crippen LogP contribution is 2.34. The van der Waals surface area contributed by atoms with E-state index in [1.165, 1.54) is 12.1 Å². The first-order chi connectivity index (χ1) is 14.7. The summed E-state index contributed by atoms with van der Waals surface area (Å²) in [6.45, 7) is -0.745. The van der Waals surface area contributed by atoms with Crippen molar-refractivity contribution in [1.29, 1.82) is 0 Å². The van der Waals surface area contributed by atoms with Gasteiger partial charge in [-0.15, -0.1) is 10.2 Å². The molecule has 0 fully saturated rings. The van der Waals surface area contributed by atoms with Crippen LogP contribution in [-0.2, 0) is 20.5 Å². The third-order valence-electron chi connectivity index (χ3n) is 3.68. The monoisotopic (exact) mass is 471 g/mol. The quantitative estimate of drug-likeness (QED) is 0.395. The number of nitrogens with one attached hydrogen (secondary N) is 1. The maximum absolute atomic E-state index is 12.9. The molecule has 3 rings (SSSR count). The Kier molecular flexibility index (Phi) is 7.18. The minimum Gasteiger partial charge on any atom is -0.455 e. The lowest BCUT2D eigenvalue weighted by Gasteiger charge is -2.13. The molecule has 0 unspecified atom stereocenters. The summed E-state index contributed by atoms with van der Waals surface area (Å²) in [5.74, 6) is -1.70. The van der Waals surface area contributed by atoms with Crippen LogP contribution in [0.5, 0.6) is 0 Å². The lowest BCUT2D eigenvalue weighted by Crippen LogP contribution is -2.23. The Balaban J connectivity index is 1.47. The molecule has 1 aromatic heterocycles. The number of hydrogen-bond donors (Lipinski definition) is 1. The summed E-state index contributed by atoms with van der Waals surface area (Å²) < 4.78 is 49.0. The number of amides is 1. The van der Waals surface area contributed by atoms with Crippen LogP contribution in [0.3, 0.4) is 0 Å². The number of nitrogens with zero attached hydrogens (tertiary/aromatic N) is 2. The molecule has 2 aromatic carbocycles. The van der Waals surface area contributed by atoms with Crippen molar-refractivity contribution in [2.75, 3.05) is 17.7 Å². The van der Waals surface area contributed by atoms with Gasteiger partial charge >= 0.3 is 12.1 Å². The number of hydrogen-bond acceptors (Lipinski definition) is 7. The molecule has 0 aliphatic rings. The van der Waals surface area contributed by atoms with E-state index < -0.39 is 35.9 Å². The van der Waals surface area contributed by atoms with Crippen molar-refractivity contribution in [2.24, 2.45) is 0 Å². The molecular formula is C19H13ClF3N3O4S. The highest BCUT2D eigenvalue weighted by molar-refractivity contribution is 7.99. The van der Waals surface area contributed by atoms with Crippen LogP contribution in [-0.4, -0.2) is 34.4 Å². The van der Waals surface area contributed by atoms with Crippen LogP contribution in [0, 0.1) is 0 Å². The molecule has 0 aliphatic carbocycles. The Bertz CT molecular complexity index is 1070. The van der Waals surface area contributed by atoms with Crippen LogP contribution in [0.25, 0.3) is 11.5 Å². The highest BCUT2D eigenvalue weighted by atomic mass is 35.5. The topological polar surface area (TPSA) is 94.3 Å². The van der Waals surface area contributed by atoms with Crippen LogP contribution in [0.1, 0.15) is 5.56 Å². The Hall–Kier alpha value is -3.05. The first-order valence-electron chi connectivity index (χ1n) is 8.56. The number of thioether (sulfide) groups is 1. The first-order valence-corrected chi connectivity index (χ1v) is 9.92. The van der Waals surface area contributed by atoms with Gasteiger partial charge in [0.05, 0.1) is 11.3 Å². The van der Waals surface area contributed by atoms with E-state index in [4.69, 9.17) is 20.8 Å². The normalized spacial score (nSPS) is 11.2. The van der Waals surface area contributed by atoms with Gasteiger partial charge in [-0.05, 0) is 36.4 Å². The smallest absolute Gasteiger partial charge is 0.418 e. The minimum absolute atomic E-state index is 0.102. The van der Waals surface area contributed by atoms with Crippen molar-refractivity contribution in [2.45, 2.75) is 11.4 Å². The number of esters is 1. The number of halogens is 4. The number of alkyl halides is 3. The van der Waals surface area contributed by atoms with Gasteiger partial charge in [-0.3, -0.25) is 9.59 Å². The van der Waals surface area contributed by atoms with Gasteiger partial charge in [0.1, 0.15) is 5.75 Å². The lowest BCUT2D eigenvalue weighted by atomic mass is 10.1. The van der Waals surface area contributed by atoms with E-state index in [1.54, 1.807) is 24.3 Å². The third-order valence-corrected chi connectivity index (χ3v) is 4.73. The molecule has 0 bridgehead atoms. The Morgan fingerprint density at radius 1 is 1.10 bits per heavy atom. The van der Waals surface area contributed by atoms with Gasteiger partial charge in [-0.1, -0.05) is 35.5 Å². The van der Waals surface area contributed by atoms with Gasteiger partial charge in [-0.25, -0.2) is 0 Å². The summed E-state index contributed by atoms with van der Waals surface area (Å²) >= 11 is 6.70. The van der Waals surface area contributed by atoms with Gasteiger partial charge in [0.25, 0.3) is 11.1 Å². The van der Waals surface area contributed by atoms with Crippen LogP contribution in [0.15, 0.2) is 58.2 Å². The summed E-state index contributed by atoms with van der Waals surface area (Å²) in [4.78, 5) is 23.6. The SMILES string of the molecule is O=C(COC(=O)CSc1nnc(-c2ccc(Cl)cc2)o1)Nc1ccccc1C(F)(F)F. The van der Waals surface area contributed by atoms with Crippen LogP contribution in [0.4, 0.5) is 18.9 Å². The largest absolute Gasteiger partial charge is 0.455 e. The number of benzene rings is 2. The van der Waals surface area contributed by atoms with Crippen molar-refractivity contribution in [1.82, 2.24) is 10.2 Å². The molecule has 0 radical (unpaired) electrons. The van der Waals surface area contributed by atoms with Gasteiger partial charge in [0.2, 0.25) is 5.89 Å². The van der Waals surface area contributed by atoms with E-state index >= 15 is 0 Å². The van der Waals surface area contributed by atoms with E-state index in [2.05, 4.69) is 15.5 Å². The second kappa shape index (κ2) is 9.84. The Morgan fingerprint density at radius 2 is 1.81 bits per heavy atom. The second-order valence-electron chi connectivity index (χ2n) is 5.92. The standard InChI is InChI=1S/C19H13ClF3N3O4S/c20-12-7-5-11(6-8-12)17-25-26-18(30-17)31-10-16(28)29-9-15(27)24-14-4-2-1-3-13(14)19(21,22)23/h1-8H,9-10H2,(H,24,27). The first kappa shape index (κ1) is 22.6. The van der Waals surface area contributed by atoms with Crippen LogP contribution in [0.2, 0.25) is 5.02 Å². The van der Waals surface area contributed by atoms with Gasteiger partial charge in [0, 0.05) is 10.6 Å². The van der Waals surface area contributed by atoms with Crippen molar-refractivity contribution >= 4 is 40.9 Å². The zero-order valence-electron chi connectivity index (χ0n) is 15.5. The predicted molar refractivity (Wildman–Crippen MR) is 107 cm³/mol. The molecule has 0 atom stereocenters. The number of carbonyl (C=O) groups is 2. The highest BCUT2D eigenvalue weighted by Gasteiger charge is 2.33. The fourth-order valence-electron chi connectivity index (χ4n) is 2.31. The number of carbonyl (C=O) groups excluding carboxylic acids is 2. The van der Waals surface area contributed by atoms with Crippen LogP contribution < -0.4 is 5.32 Å². The summed E-state index contributed by atoms with van der Waals surface area (Å²) in [7, 11) is 0. The summed E-state index contributed by atoms with van der Waals surface area (Å²) in [5, 5.41) is 10.4. The average Bonchev–Trinajstić information content (AvgIpc) is 3.20. The molecule has 0 saturated carbocycles. The molecule has 31 heavy (non-hydrogen) atoms. The predicted octanol–water partition coefficient (Wildman–Crippen LogP) is 4.68. The van der Waals surface area contributed by atoms with E-state index in [1.807, 2.05) is 0 Å². The molecule has 3 aromatic rings. The molecule has 0 aliphatic heterocycles. The molecule has 0 spiro atoms. The van der Waals surface area contributed by atoms with E-state index in [9.17, 15) is 22.8 Å². The van der Waals surface area contributed by atoms with E-state index in [0.717, 1.165) is 23.9 Å². The molecule has 1 amide bonds. The fourth-order valence-corrected chi connectivity index (χ4v) is 3.00. The Morgan fingerprint density at radius 3 is 2.52 bits per heavy atom. The molecular weight excluding hydrogens is 459 g/mol. The Labute approximate surface area is 182 Å². The summed E-state index contributed by atoms with van der Waals surface area (Å²) in [6.07, 6.45) is -4.63. The number of anilines is 1. The number of aromatic nitrogens is 2. The molecule has 0 saturated heterocycles. The molecule has 7 nitrogen and oxygen atoms in total. The number of ether oxygens (including phenoxy) is 1. The number of rotatable bonds is 7. The molecule has 1 heterocycles. The van der Waals surface area contributed by atoms with Gasteiger partial charge < -0.3 is 14.5 Å². The van der Waals surface area contributed by atoms with Gasteiger partial charge in [0.15, 0.2) is 6.61 Å². The van der Waals surface area contributed by atoms with E-state index in [0.29, 0.717) is 10.6 Å². The van der Waals surface area contributed by atoms with Crippen molar-refractivity contribution in [3.8, 4) is 11.5 Å². The molecule has 162 valence electrons. The van der Waals surface area contributed by atoms with Crippen molar-refractivity contribution < 1.29 is 31.9 Å². The number of para-hydroxylation sites is 1. The van der Waals surface area contributed by atoms with Crippen molar-refractivity contribution in [3.63, 3.8) is 0 Å². The third kappa shape index (κ3) is 6.46. The average molecular weight is 472 g/mol. The van der Waals surface area contributed by atoms with E-state index in [-0.39, 0.29) is 16.9 Å². The zero-order chi connectivity index (χ0) is 22.4. The summed E-state index contributed by atoms with van der Waals surface area (Å²) in [6, 6.07) is 11.2.